The van der Waals surface area contributed by atoms with Gasteiger partial charge in [-0.15, -0.1) is 11.6 Å². The molecule has 1 saturated carbocycles. The number of halogens is 1. The average Bonchev–Trinajstić information content (AvgIpc) is 2.16. The fourth-order valence-corrected chi connectivity index (χ4v) is 2.95. The molecule has 12 heavy (non-hydrogen) atoms. The van der Waals surface area contributed by atoms with Crippen molar-refractivity contribution >= 4 is 23.4 Å². The molecular formula is C10H17ClS. The second kappa shape index (κ2) is 5.93. The second-order valence-electron chi connectivity index (χ2n) is 3.45. The Labute approximate surface area is 84.8 Å². The van der Waals surface area contributed by atoms with E-state index in [0.29, 0.717) is 5.88 Å². The van der Waals surface area contributed by atoms with Crippen LogP contribution in [0, 0.1) is 0 Å². The Morgan fingerprint density at radius 2 is 2.00 bits per heavy atom. The van der Waals surface area contributed by atoms with Crippen molar-refractivity contribution in [2.75, 3.05) is 11.6 Å². The monoisotopic (exact) mass is 204 g/mol. The molecule has 0 N–H and O–H groups in total. The zero-order valence-electron chi connectivity index (χ0n) is 7.52. The molecule has 1 aliphatic rings. The van der Waals surface area contributed by atoms with Gasteiger partial charge in [0.2, 0.25) is 0 Å². The van der Waals surface area contributed by atoms with E-state index in [-0.39, 0.29) is 0 Å². The van der Waals surface area contributed by atoms with Crippen LogP contribution in [0.5, 0.6) is 0 Å². The molecule has 0 spiro atoms. The minimum atomic E-state index is 0.625. The number of alkyl halides is 1. The van der Waals surface area contributed by atoms with Crippen molar-refractivity contribution in [1.82, 2.24) is 0 Å². The Hall–Kier alpha value is 0.380. The van der Waals surface area contributed by atoms with Crippen LogP contribution >= 0.6 is 23.4 Å². The lowest BCUT2D eigenvalue weighted by Gasteiger charge is -2.20. The lowest BCUT2D eigenvalue weighted by molar-refractivity contribution is 0.516. The molecule has 0 aliphatic heterocycles. The molecule has 0 radical (unpaired) electrons. The highest BCUT2D eigenvalue weighted by Gasteiger charge is 2.13. The highest BCUT2D eigenvalue weighted by molar-refractivity contribution is 8.00. The Balaban J connectivity index is 2.09. The zero-order valence-corrected chi connectivity index (χ0v) is 9.09. The van der Waals surface area contributed by atoms with Crippen LogP contribution in [0.4, 0.5) is 0 Å². The summed E-state index contributed by atoms with van der Waals surface area (Å²) in [5.74, 6) is 1.69. The molecule has 0 nitrogen and oxygen atoms in total. The summed E-state index contributed by atoms with van der Waals surface area (Å²) >= 11 is 7.70. The van der Waals surface area contributed by atoms with Crippen molar-refractivity contribution in [1.29, 1.82) is 0 Å². The molecule has 2 heteroatoms. The SMILES string of the molecule is C=C(CCl)CSC1CCCCC1. The standard InChI is InChI=1S/C10H17ClS/c1-9(7-11)8-12-10-5-3-2-4-6-10/h10H,1-8H2. The first-order valence-electron chi connectivity index (χ1n) is 4.67. The Morgan fingerprint density at radius 3 is 2.58 bits per heavy atom. The fraction of sp³-hybridized carbons (Fsp3) is 0.800. The van der Waals surface area contributed by atoms with Gasteiger partial charge in [0.1, 0.15) is 0 Å². The summed E-state index contributed by atoms with van der Waals surface area (Å²) in [6.07, 6.45) is 7.09. The first-order valence-corrected chi connectivity index (χ1v) is 6.25. The van der Waals surface area contributed by atoms with E-state index >= 15 is 0 Å². The van der Waals surface area contributed by atoms with E-state index in [4.69, 9.17) is 11.6 Å². The molecule has 0 aromatic carbocycles. The van der Waals surface area contributed by atoms with Crippen molar-refractivity contribution in [3.05, 3.63) is 12.2 Å². The van der Waals surface area contributed by atoms with Gasteiger partial charge in [-0.25, -0.2) is 0 Å². The van der Waals surface area contributed by atoms with Crippen molar-refractivity contribution in [2.45, 2.75) is 37.4 Å². The minimum Gasteiger partial charge on any atom is -0.154 e. The quantitative estimate of drug-likeness (QED) is 0.495. The molecule has 0 bridgehead atoms. The van der Waals surface area contributed by atoms with Crippen LogP contribution in [0.1, 0.15) is 32.1 Å². The Morgan fingerprint density at radius 1 is 1.33 bits per heavy atom. The summed E-state index contributed by atoms with van der Waals surface area (Å²) in [6.45, 7) is 3.90. The lowest BCUT2D eigenvalue weighted by atomic mass is 10.0. The molecule has 0 aromatic rings. The molecule has 70 valence electrons. The minimum absolute atomic E-state index is 0.625. The first-order chi connectivity index (χ1) is 5.83. The van der Waals surface area contributed by atoms with Gasteiger partial charge in [-0.1, -0.05) is 31.4 Å². The summed E-state index contributed by atoms with van der Waals surface area (Å²) in [5.41, 5.74) is 1.17. The van der Waals surface area contributed by atoms with Gasteiger partial charge in [0.05, 0.1) is 0 Å². The molecule has 1 rings (SSSR count). The van der Waals surface area contributed by atoms with Crippen LogP contribution in [0.3, 0.4) is 0 Å². The van der Waals surface area contributed by atoms with Crippen LogP contribution in [0.2, 0.25) is 0 Å². The maximum Gasteiger partial charge on any atom is 0.0439 e. The van der Waals surface area contributed by atoms with E-state index in [1.807, 2.05) is 11.8 Å². The first kappa shape index (κ1) is 10.5. The van der Waals surface area contributed by atoms with E-state index < -0.39 is 0 Å². The summed E-state index contributed by atoms with van der Waals surface area (Å²) in [5, 5.41) is 0.888. The highest BCUT2D eigenvalue weighted by Crippen LogP contribution is 2.29. The highest BCUT2D eigenvalue weighted by atomic mass is 35.5. The molecule has 0 unspecified atom stereocenters. The molecule has 1 fully saturated rings. The van der Waals surface area contributed by atoms with E-state index in [0.717, 1.165) is 11.0 Å². The Kier molecular flexibility index (Phi) is 5.17. The normalized spacial score (nSPS) is 19.4. The summed E-state index contributed by atoms with van der Waals surface area (Å²) < 4.78 is 0. The van der Waals surface area contributed by atoms with Gasteiger partial charge in [0, 0.05) is 16.9 Å². The predicted octanol–water partition coefficient (Wildman–Crippen LogP) is 3.85. The topological polar surface area (TPSA) is 0 Å². The summed E-state index contributed by atoms with van der Waals surface area (Å²) in [4.78, 5) is 0. The number of rotatable bonds is 4. The molecule has 0 saturated heterocycles. The lowest BCUT2D eigenvalue weighted by Crippen LogP contribution is -2.09. The van der Waals surface area contributed by atoms with E-state index in [9.17, 15) is 0 Å². The summed E-state index contributed by atoms with van der Waals surface area (Å²) in [7, 11) is 0. The molecule has 0 aromatic heterocycles. The smallest absolute Gasteiger partial charge is 0.0439 e. The average molecular weight is 205 g/mol. The van der Waals surface area contributed by atoms with Crippen LogP contribution in [-0.2, 0) is 0 Å². The maximum absolute atomic E-state index is 5.66. The predicted molar refractivity (Wildman–Crippen MR) is 59.2 cm³/mol. The number of thioether (sulfide) groups is 1. The zero-order chi connectivity index (χ0) is 8.81. The third kappa shape index (κ3) is 3.86. The largest absolute Gasteiger partial charge is 0.154 e. The van der Waals surface area contributed by atoms with Gasteiger partial charge >= 0.3 is 0 Å². The molecule has 0 amide bonds. The third-order valence-electron chi connectivity index (χ3n) is 2.26. The number of hydrogen-bond donors (Lipinski definition) is 0. The Bertz CT molecular complexity index is 139. The van der Waals surface area contributed by atoms with Crippen LogP contribution in [0.25, 0.3) is 0 Å². The van der Waals surface area contributed by atoms with Gasteiger partial charge in [0.25, 0.3) is 0 Å². The van der Waals surface area contributed by atoms with Gasteiger partial charge < -0.3 is 0 Å². The van der Waals surface area contributed by atoms with Crippen molar-refractivity contribution in [3.63, 3.8) is 0 Å². The van der Waals surface area contributed by atoms with Crippen LogP contribution in [-0.4, -0.2) is 16.9 Å². The third-order valence-corrected chi connectivity index (χ3v) is 4.16. The second-order valence-corrected chi connectivity index (χ2v) is 5.01. The van der Waals surface area contributed by atoms with E-state index in [2.05, 4.69) is 6.58 Å². The van der Waals surface area contributed by atoms with Crippen molar-refractivity contribution in [3.8, 4) is 0 Å². The van der Waals surface area contributed by atoms with Gasteiger partial charge in [-0.2, -0.15) is 11.8 Å². The molecule has 1 aliphatic carbocycles. The molecule has 0 atom stereocenters. The molecule has 0 heterocycles. The van der Waals surface area contributed by atoms with Crippen molar-refractivity contribution < 1.29 is 0 Å². The van der Waals surface area contributed by atoms with E-state index in [1.54, 1.807) is 0 Å². The molecular weight excluding hydrogens is 188 g/mol. The van der Waals surface area contributed by atoms with Gasteiger partial charge in [-0.05, 0) is 12.8 Å². The maximum atomic E-state index is 5.66. The number of hydrogen-bond acceptors (Lipinski definition) is 1. The van der Waals surface area contributed by atoms with Crippen LogP contribution < -0.4 is 0 Å². The van der Waals surface area contributed by atoms with E-state index in [1.165, 1.54) is 37.7 Å². The van der Waals surface area contributed by atoms with Crippen LogP contribution in [0.15, 0.2) is 12.2 Å². The summed E-state index contributed by atoms with van der Waals surface area (Å²) in [6, 6.07) is 0. The van der Waals surface area contributed by atoms with Crippen molar-refractivity contribution in [2.24, 2.45) is 0 Å². The fourth-order valence-electron chi connectivity index (χ4n) is 1.51. The van der Waals surface area contributed by atoms with Gasteiger partial charge in [-0.3, -0.25) is 0 Å². The van der Waals surface area contributed by atoms with Gasteiger partial charge in [0.15, 0.2) is 0 Å².